The first-order valence-corrected chi connectivity index (χ1v) is 5.06. The predicted octanol–water partition coefficient (Wildman–Crippen LogP) is 1.52. The molecule has 0 amide bonds. The second-order valence-electron chi connectivity index (χ2n) is 3.59. The van der Waals surface area contributed by atoms with Gasteiger partial charge >= 0.3 is 0 Å². The van der Waals surface area contributed by atoms with Gasteiger partial charge in [0.05, 0.1) is 17.6 Å². The van der Waals surface area contributed by atoms with Crippen molar-refractivity contribution in [2.45, 2.75) is 12.6 Å². The van der Waals surface area contributed by atoms with Gasteiger partial charge in [-0.2, -0.15) is 5.10 Å². The average Bonchev–Trinajstić information content (AvgIpc) is 2.82. The summed E-state index contributed by atoms with van der Waals surface area (Å²) in [6.07, 6.45) is 2.65. The molecule has 0 aliphatic carbocycles. The Morgan fingerprint density at radius 1 is 1.41 bits per heavy atom. The highest BCUT2D eigenvalue weighted by atomic mass is 16.6. The smallest absolute Gasteiger partial charge is 0.269 e. The Bertz CT molecular complexity index is 493. The molecule has 6 heteroatoms. The van der Waals surface area contributed by atoms with E-state index in [-0.39, 0.29) is 5.69 Å². The standard InChI is InChI=1S/C11H11N3O3/c15-11(8-13-7-1-6-12-13)9-2-4-10(5-3-9)14(16)17/h1-7,11,15H,8H2/t11-/m1/s1. The zero-order chi connectivity index (χ0) is 12.3. The van der Waals surface area contributed by atoms with E-state index in [0.717, 1.165) is 0 Å². The predicted molar refractivity (Wildman–Crippen MR) is 60.3 cm³/mol. The van der Waals surface area contributed by atoms with Gasteiger partial charge in [-0.25, -0.2) is 0 Å². The maximum Gasteiger partial charge on any atom is 0.269 e. The maximum atomic E-state index is 10.5. The second kappa shape index (κ2) is 4.75. The number of nitrogens with zero attached hydrogens (tertiary/aromatic N) is 3. The number of nitro benzene ring substituents is 1. The van der Waals surface area contributed by atoms with Crippen molar-refractivity contribution in [1.82, 2.24) is 9.78 Å². The number of aliphatic hydroxyl groups excluding tert-OH is 1. The number of nitro groups is 1. The molecule has 0 spiro atoms. The van der Waals surface area contributed by atoms with Crippen LogP contribution in [-0.4, -0.2) is 19.8 Å². The molecule has 0 aliphatic heterocycles. The van der Waals surface area contributed by atoms with Crippen LogP contribution >= 0.6 is 0 Å². The molecule has 0 aliphatic rings. The SMILES string of the molecule is O=[N+]([O-])c1ccc([C@H](O)Cn2cccn2)cc1. The van der Waals surface area contributed by atoms with Crippen molar-refractivity contribution in [2.24, 2.45) is 0 Å². The summed E-state index contributed by atoms with van der Waals surface area (Å²) in [5.41, 5.74) is 0.645. The van der Waals surface area contributed by atoms with Crippen LogP contribution in [0.1, 0.15) is 11.7 Å². The summed E-state index contributed by atoms with van der Waals surface area (Å²) in [5.74, 6) is 0. The minimum Gasteiger partial charge on any atom is -0.386 e. The highest BCUT2D eigenvalue weighted by Gasteiger charge is 2.11. The Morgan fingerprint density at radius 2 is 2.12 bits per heavy atom. The molecule has 0 bridgehead atoms. The van der Waals surface area contributed by atoms with E-state index in [1.165, 1.54) is 12.1 Å². The number of non-ortho nitro benzene ring substituents is 1. The van der Waals surface area contributed by atoms with Crippen molar-refractivity contribution in [2.75, 3.05) is 0 Å². The fourth-order valence-corrected chi connectivity index (χ4v) is 1.51. The number of aromatic nitrogens is 2. The normalized spacial score (nSPS) is 12.3. The summed E-state index contributed by atoms with van der Waals surface area (Å²) in [5, 5.41) is 24.3. The summed E-state index contributed by atoms with van der Waals surface area (Å²) >= 11 is 0. The lowest BCUT2D eigenvalue weighted by molar-refractivity contribution is -0.384. The van der Waals surface area contributed by atoms with Crippen LogP contribution in [0.15, 0.2) is 42.7 Å². The van der Waals surface area contributed by atoms with Crippen LogP contribution in [0.2, 0.25) is 0 Å². The molecule has 0 saturated carbocycles. The number of hydrogen-bond acceptors (Lipinski definition) is 4. The Morgan fingerprint density at radius 3 is 2.65 bits per heavy atom. The summed E-state index contributed by atoms with van der Waals surface area (Å²) in [6.45, 7) is 0.324. The van der Waals surface area contributed by atoms with Crippen LogP contribution in [0.5, 0.6) is 0 Å². The summed E-state index contributed by atoms with van der Waals surface area (Å²) < 4.78 is 1.60. The summed E-state index contributed by atoms with van der Waals surface area (Å²) in [4.78, 5) is 10.00. The van der Waals surface area contributed by atoms with E-state index in [0.29, 0.717) is 12.1 Å². The molecular weight excluding hydrogens is 222 g/mol. The minimum absolute atomic E-state index is 0.0139. The van der Waals surface area contributed by atoms with Gasteiger partial charge in [-0.05, 0) is 23.8 Å². The van der Waals surface area contributed by atoms with Crippen molar-refractivity contribution in [3.63, 3.8) is 0 Å². The van der Waals surface area contributed by atoms with Gasteiger partial charge in [-0.1, -0.05) is 0 Å². The lowest BCUT2D eigenvalue weighted by Crippen LogP contribution is -2.08. The molecule has 1 aromatic heterocycles. The molecule has 0 saturated heterocycles. The van der Waals surface area contributed by atoms with Crippen molar-refractivity contribution >= 4 is 5.69 Å². The van der Waals surface area contributed by atoms with Crippen molar-refractivity contribution in [3.8, 4) is 0 Å². The lowest BCUT2D eigenvalue weighted by atomic mass is 10.1. The van der Waals surface area contributed by atoms with Crippen LogP contribution in [0.4, 0.5) is 5.69 Å². The number of hydrogen-bond donors (Lipinski definition) is 1. The minimum atomic E-state index is -0.726. The number of rotatable bonds is 4. The molecule has 1 atom stereocenters. The van der Waals surface area contributed by atoms with E-state index in [2.05, 4.69) is 5.10 Å². The van der Waals surface area contributed by atoms with Gasteiger partial charge in [0, 0.05) is 24.5 Å². The van der Waals surface area contributed by atoms with E-state index in [4.69, 9.17) is 0 Å². The molecule has 1 N–H and O–H groups in total. The van der Waals surface area contributed by atoms with Crippen molar-refractivity contribution < 1.29 is 10.0 Å². The Kier molecular flexibility index (Phi) is 3.15. The van der Waals surface area contributed by atoms with Crippen molar-refractivity contribution in [3.05, 3.63) is 58.4 Å². The third-order valence-corrected chi connectivity index (χ3v) is 2.41. The molecule has 17 heavy (non-hydrogen) atoms. The van der Waals surface area contributed by atoms with E-state index in [9.17, 15) is 15.2 Å². The van der Waals surface area contributed by atoms with Gasteiger partial charge in [-0.15, -0.1) is 0 Å². The third kappa shape index (κ3) is 2.67. The third-order valence-electron chi connectivity index (χ3n) is 2.41. The number of aliphatic hydroxyl groups is 1. The molecular formula is C11H11N3O3. The Hall–Kier alpha value is -2.21. The molecule has 2 rings (SSSR count). The molecule has 1 heterocycles. The monoisotopic (exact) mass is 233 g/mol. The maximum absolute atomic E-state index is 10.5. The van der Waals surface area contributed by atoms with Gasteiger partial charge in [0.25, 0.3) is 5.69 Å². The highest BCUT2D eigenvalue weighted by Crippen LogP contribution is 2.18. The molecule has 6 nitrogen and oxygen atoms in total. The zero-order valence-electron chi connectivity index (χ0n) is 8.93. The van der Waals surface area contributed by atoms with Crippen LogP contribution in [0.3, 0.4) is 0 Å². The van der Waals surface area contributed by atoms with Crippen LogP contribution in [-0.2, 0) is 6.54 Å². The van der Waals surface area contributed by atoms with Crippen LogP contribution in [0, 0.1) is 10.1 Å². The van der Waals surface area contributed by atoms with Gasteiger partial charge in [-0.3, -0.25) is 14.8 Å². The fraction of sp³-hybridized carbons (Fsp3) is 0.182. The van der Waals surface area contributed by atoms with Crippen LogP contribution in [0.25, 0.3) is 0 Å². The van der Waals surface area contributed by atoms with Crippen molar-refractivity contribution in [1.29, 1.82) is 0 Å². The Labute approximate surface area is 97.3 Å². The average molecular weight is 233 g/mol. The van der Waals surface area contributed by atoms with E-state index >= 15 is 0 Å². The second-order valence-corrected chi connectivity index (χ2v) is 3.59. The number of benzene rings is 1. The lowest BCUT2D eigenvalue weighted by Gasteiger charge is -2.10. The van der Waals surface area contributed by atoms with Gasteiger partial charge in [0.15, 0.2) is 0 Å². The molecule has 88 valence electrons. The van der Waals surface area contributed by atoms with Gasteiger partial charge < -0.3 is 5.11 Å². The van der Waals surface area contributed by atoms with Gasteiger partial charge in [0.1, 0.15) is 0 Å². The summed E-state index contributed by atoms with van der Waals surface area (Å²) in [6, 6.07) is 7.62. The molecule has 0 fully saturated rings. The first-order valence-electron chi connectivity index (χ1n) is 5.06. The largest absolute Gasteiger partial charge is 0.386 e. The quantitative estimate of drug-likeness (QED) is 0.641. The highest BCUT2D eigenvalue weighted by molar-refractivity contribution is 5.33. The topological polar surface area (TPSA) is 81.2 Å². The zero-order valence-corrected chi connectivity index (χ0v) is 8.93. The fourth-order valence-electron chi connectivity index (χ4n) is 1.51. The van der Waals surface area contributed by atoms with E-state index < -0.39 is 11.0 Å². The van der Waals surface area contributed by atoms with Crippen LogP contribution < -0.4 is 0 Å². The molecule has 1 aromatic carbocycles. The van der Waals surface area contributed by atoms with E-state index in [1.54, 1.807) is 35.3 Å². The summed E-state index contributed by atoms with van der Waals surface area (Å²) in [7, 11) is 0. The van der Waals surface area contributed by atoms with Gasteiger partial charge in [0.2, 0.25) is 0 Å². The van der Waals surface area contributed by atoms with E-state index in [1.807, 2.05) is 0 Å². The molecule has 2 aromatic rings. The first kappa shape index (κ1) is 11.3. The molecule has 0 unspecified atom stereocenters. The first-order chi connectivity index (χ1) is 8.16. The molecule has 0 radical (unpaired) electrons. The Balaban J connectivity index is 2.09.